The molecule has 2 amide bonds. The zero-order valence-corrected chi connectivity index (χ0v) is 15.3. The number of urea groups is 1. The van der Waals surface area contributed by atoms with E-state index in [0.717, 1.165) is 11.1 Å². The lowest BCUT2D eigenvalue weighted by atomic mass is 10.2. The third-order valence-corrected chi connectivity index (χ3v) is 4.77. The molecule has 0 aliphatic rings. The average Bonchev–Trinajstić information content (AvgIpc) is 3.32. The van der Waals surface area contributed by atoms with Crippen molar-refractivity contribution in [3.63, 3.8) is 0 Å². The summed E-state index contributed by atoms with van der Waals surface area (Å²) in [6.45, 7) is 2.76. The highest BCUT2D eigenvalue weighted by atomic mass is 32.1. The van der Waals surface area contributed by atoms with Gasteiger partial charge in [0.05, 0.1) is 24.9 Å². The molecular formula is C19H22N4O2S. The Morgan fingerprint density at radius 3 is 2.81 bits per heavy atom. The molecule has 2 aromatic heterocycles. The van der Waals surface area contributed by atoms with E-state index in [0.29, 0.717) is 6.54 Å². The van der Waals surface area contributed by atoms with Crippen molar-refractivity contribution >= 4 is 17.4 Å². The van der Waals surface area contributed by atoms with Crippen molar-refractivity contribution in [1.82, 2.24) is 20.4 Å². The summed E-state index contributed by atoms with van der Waals surface area (Å²) in [7, 11) is 0. The van der Waals surface area contributed by atoms with Gasteiger partial charge in [-0.15, -0.1) is 0 Å². The van der Waals surface area contributed by atoms with E-state index in [1.807, 2.05) is 52.8 Å². The molecular weight excluding hydrogens is 348 g/mol. The Morgan fingerprint density at radius 2 is 2.08 bits per heavy atom. The fourth-order valence-electron chi connectivity index (χ4n) is 2.56. The summed E-state index contributed by atoms with van der Waals surface area (Å²) in [5.74, 6) is 0. The van der Waals surface area contributed by atoms with E-state index in [9.17, 15) is 9.90 Å². The van der Waals surface area contributed by atoms with Crippen molar-refractivity contribution in [2.75, 3.05) is 6.54 Å². The van der Waals surface area contributed by atoms with Crippen LogP contribution in [0.4, 0.5) is 4.79 Å². The topological polar surface area (TPSA) is 79.2 Å². The van der Waals surface area contributed by atoms with Crippen LogP contribution in [0, 0.1) is 0 Å². The molecule has 0 saturated heterocycles. The zero-order chi connectivity index (χ0) is 18.4. The number of aromatic nitrogens is 2. The van der Waals surface area contributed by atoms with Gasteiger partial charge >= 0.3 is 6.03 Å². The van der Waals surface area contributed by atoms with Gasteiger partial charge in [-0.2, -0.15) is 16.4 Å². The monoisotopic (exact) mass is 370 g/mol. The summed E-state index contributed by atoms with van der Waals surface area (Å²) in [4.78, 5) is 12.0. The van der Waals surface area contributed by atoms with Gasteiger partial charge in [-0.1, -0.05) is 30.3 Å². The van der Waals surface area contributed by atoms with Gasteiger partial charge in [-0.25, -0.2) is 4.79 Å². The molecule has 3 rings (SSSR count). The lowest BCUT2D eigenvalue weighted by Gasteiger charge is -2.15. The highest BCUT2D eigenvalue weighted by molar-refractivity contribution is 7.07. The normalized spacial score (nSPS) is 13.2. The number of amides is 2. The number of thiophene rings is 1. The molecule has 136 valence electrons. The third-order valence-electron chi connectivity index (χ3n) is 4.07. The number of hydrogen-bond acceptors (Lipinski definition) is 4. The van der Waals surface area contributed by atoms with Gasteiger partial charge in [-0.05, 0) is 34.9 Å². The lowest BCUT2D eigenvalue weighted by Crippen LogP contribution is -2.38. The fourth-order valence-corrected chi connectivity index (χ4v) is 3.27. The third kappa shape index (κ3) is 4.93. The van der Waals surface area contributed by atoms with Crippen LogP contribution in [0.2, 0.25) is 0 Å². The van der Waals surface area contributed by atoms with Crippen LogP contribution in [0.25, 0.3) is 0 Å². The Hall–Kier alpha value is -2.64. The minimum atomic E-state index is -0.698. The van der Waals surface area contributed by atoms with Crippen molar-refractivity contribution in [2.24, 2.45) is 0 Å². The molecule has 0 radical (unpaired) electrons. The Labute approximate surface area is 156 Å². The first-order chi connectivity index (χ1) is 12.6. The summed E-state index contributed by atoms with van der Waals surface area (Å²) >= 11 is 1.52. The number of hydrogen-bond donors (Lipinski definition) is 3. The molecule has 2 heterocycles. The smallest absolute Gasteiger partial charge is 0.315 e. The number of aliphatic hydroxyl groups excluding tert-OH is 1. The van der Waals surface area contributed by atoms with Crippen molar-refractivity contribution in [3.8, 4) is 0 Å². The quantitative estimate of drug-likeness (QED) is 0.598. The van der Waals surface area contributed by atoms with Crippen molar-refractivity contribution in [3.05, 3.63) is 76.2 Å². The molecule has 0 aliphatic carbocycles. The predicted molar refractivity (Wildman–Crippen MR) is 102 cm³/mol. The van der Waals surface area contributed by atoms with E-state index >= 15 is 0 Å². The second-order valence-electron chi connectivity index (χ2n) is 6.11. The Balaban J connectivity index is 1.48. The summed E-state index contributed by atoms with van der Waals surface area (Å²) in [6.07, 6.45) is 2.99. The lowest BCUT2D eigenvalue weighted by molar-refractivity contribution is 0.173. The molecule has 0 spiro atoms. The molecule has 3 N–H and O–H groups in total. The molecule has 26 heavy (non-hydrogen) atoms. The molecule has 6 nitrogen and oxygen atoms in total. The first kappa shape index (κ1) is 18.2. The Morgan fingerprint density at radius 1 is 1.27 bits per heavy atom. The Kier molecular flexibility index (Phi) is 6.04. The molecule has 0 saturated carbocycles. The largest absolute Gasteiger partial charge is 0.387 e. The second kappa shape index (κ2) is 8.64. The minimum absolute atomic E-state index is 0.169. The zero-order valence-electron chi connectivity index (χ0n) is 14.5. The molecule has 7 heteroatoms. The van der Waals surface area contributed by atoms with Gasteiger partial charge in [0.15, 0.2) is 0 Å². The van der Waals surface area contributed by atoms with Gasteiger partial charge in [0, 0.05) is 18.3 Å². The number of benzene rings is 1. The molecule has 0 bridgehead atoms. The van der Waals surface area contributed by atoms with Crippen LogP contribution in [0.15, 0.2) is 59.6 Å². The standard InChI is InChI=1S/C19H22N4O2S/c1-14(22-19(25)20-10-18(24)16-7-8-26-13-16)17-9-21-23(12-17)11-15-5-3-2-4-6-15/h2-9,12-14,18,24H,10-11H2,1H3,(H2,20,22,25)/t14-,18+/m0/s1. The van der Waals surface area contributed by atoms with Crippen LogP contribution in [0.5, 0.6) is 0 Å². The SMILES string of the molecule is C[C@H](NC(=O)NC[C@@H](O)c1ccsc1)c1cnn(Cc2ccccc2)c1. The number of rotatable bonds is 7. The summed E-state index contributed by atoms with van der Waals surface area (Å²) in [5, 5.41) is 23.7. The molecule has 2 atom stereocenters. The van der Waals surface area contributed by atoms with E-state index in [1.165, 1.54) is 16.9 Å². The van der Waals surface area contributed by atoms with Crippen LogP contribution in [0.3, 0.4) is 0 Å². The average molecular weight is 370 g/mol. The van der Waals surface area contributed by atoms with E-state index in [2.05, 4.69) is 27.9 Å². The van der Waals surface area contributed by atoms with Gasteiger partial charge in [-0.3, -0.25) is 4.68 Å². The van der Waals surface area contributed by atoms with Gasteiger partial charge in [0.2, 0.25) is 0 Å². The number of aliphatic hydroxyl groups is 1. The maximum Gasteiger partial charge on any atom is 0.315 e. The minimum Gasteiger partial charge on any atom is -0.387 e. The second-order valence-corrected chi connectivity index (χ2v) is 6.89. The van der Waals surface area contributed by atoms with E-state index in [-0.39, 0.29) is 18.6 Å². The molecule has 0 fully saturated rings. The molecule has 1 aromatic carbocycles. The first-order valence-electron chi connectivity index (χ1n) is 8.42. The van der Waals surface area contributed by atoms with Crippen LogP contribution >= 0.6 is 11.3 Å². The molecule has 3 aromatic rings. The van der Waals surface area contributed by atoms with Crippen LogP contribution in [-0.2, 0) is 6.54 Å². The Bertz CT molecular complexity index is 817. The number of carbonyl (C=O) groups is 1. The predicted octanol–water partition coefficient (Wildman–Crippen LogP) is 3.09. The van der Waals surface area contributed by atoms with E-state index in [4.69, 9.17) is 0 Å². The fraction of sp³-hybridized carbons (Fsp3) is 0.263. The van der Waals surface area contributed by atoms with E-state index in [1.54, 1.807) is 6.20 Å². The summed E-state index contributed by atoms with van der Waals surface area (Å²) < 4.78 is 1.85. The maximum absolute atomic E-state index is 12.0. The van der Waals surface area contributed by atoms with Gasteiger partial charge < -0.3 is 15.7 Å². The highest BCUT2D eigenvalue weighted by Gasteiger charge is 2.14. The van der Waals surface area contributed by atoms with Gasteiger partial charge in [0.25, 0.3) is 0 Å². The van der Waals surface area contributed by atoms with Crippen LogP contribution < -0.4 is 10.6 Å². The maximum atomic E-state index is 12.0. The van der Waals surface area contributed by atoms with Crippen molar-refractivity contribution in [1.29, 1.82) is 0 Å². The van der Waals surface area contributed by atoms with Gasteiger partial charge in [0.1, 0.15) is 0 Å². The number of carbonyl (C=O) groups excluding carboxylic acids is 1. The summed E-state index contributed by atoms with van der Waals surface area (Å²) in [6, 6.07) is 11.4. The number of nitrogens with one attached hydrogen (secondary N) is 2. The van der Waals surface area contributed by atoms with Crippen molar-refractivity contribution < 1.29 is 9.90 Å². The number of nitrogens with zero attached hydrogens (tertiary/aromatic N) is 2. The summed E-state index contributed by atoms with van der Waals surface area (Å²) in [5.41, 5.74) is 2.91. The first-order valence-corrected chi connectivity index (χ1v) is 9.37. The van der Waals surface area contributed by atoms with Crippen LogP contribution in [-0.4, -0.2) is 27.5 Å². The van der Waals surface area contributed by atoms with E-state index < -0.39 is 6.10 Å². The molecule has 0 aliphatic heterocycles. The van der Waals surface area contributed by atoms with Crippen LogP contribution in [0.1, 0.15) is 35.8 Å². The highest BCUT2D eigenvalue weighted by Crippen LogP contribution is 2.15. The molecule has 0 unspecified atom stereocenters. The van der Waals surface area contributed by atoms with Crippen molar-refractivity contribution in [2.45, 2.75) is 25.6 Å².